The van der Waals surface area contributed by atoms with Crippen molar-refractivity contribution in [3.05, 3.63) is 0 Å². The van der Waals surface area contributed by atoms with Crippen LogP contribution < -0.4 is 0 Å². The van der Waals surface area contributed by atoms with Gasteiger partial charge in [0.05, 0.1) is 26.4 Å². The van der Waals surface area contributed by atoms with Gasteiger partial charge in [-0.3, -0.25) is 37.3 Å². The molecule has 0 spiro atoms. The lowest BCUT2D eigenvalue weighted by Crippen LogP contribution is -2.30. The number of aliphatic hydroxyl groups excluding tert-OH is 1. The fourth-order valence-electron chi connectivity index (χ4n) is 12.0. The molecule has 3 N–H and O–H groups in total. The van der Waals surface area contributed by atoms with Crippen LogP contribution in [0.5, 0.6) is 0 Å². The third-order valence-corrected chi connectivity index (χ3v) is 20.1. The normalized spacial score (nSPS) is 14.0. The second-order valence-corrected chi connectivity index (χ2v) is 32.0. The summed E-state index contributed by atoms with van der Waals surface area (Å²) in [5.41, 5.74) is 0. The van der Waals surface area contributed by atoms with Gasteiger partial charge < -0.3 is 33.8 Å². The van der Waals surface area contributed by atoms with Gasteiger partial charge >= 0.3 is 39.5 Å². The topological polar surface area (TPSA) is 237 Å². The van der Waals surface area contributed by atoms with Gasteiger partial charge in [-0.05, 0) is 37.5 Å². The summed E-state index contributed by atoms with van der Waals surface area (Å²) in [6.45, 7) is 9.53. The largest absolute Gasteiger partial charge is 0.472 e. The molecule has 19 heteroatoms. The van der Waals surface area contributed by atoms with Crippen LogP contribution in [-0.4, -0.2) is 96.7 Å². The molecule has 0 bridgehead atoms. The maximum Gasteiger partial charge on any atom is 0.472 e. The number of hydrogen-bond donors (Lipinski definition) is 3. The van der Waals surface area contributed by atoms with Gasteiger partial charge in [0.25, 0.3) is 0 Å². The van der Waals surface area contributed by atoms with E-state index in [9.17, 15) is 43.2 Å². The van der Waals surface area contributed by atoms with Crippen molar-refractivity contribution in [3.63, 3.8) is 0 Å². The number of rotatable bonds is 77. The van der Waals surface area contributed by atoms with Crippen LogP contribution in [0.4, 0.5) is 0 Å². The molecule has 0 aromatic rings. The number of carbonyl (C=O) groups excluding carboxylic acids is 4. The first-order valence-corrected chi connectivity index (χ1v) is 43.5. The molecular weight excluding hydrogens is 1270 g/mol. The van der Waals surface area contributed by atoms with Gasteiger partial charge in [0.15, 0.2) is 12.2 Å². The first kappa shape index (κ1) is 95.1. The summed E-state index contributed by atoms with van der Waals surface area (Å²) in [6, 6.07) is 0. The third kappa shape index (κ3) is 72.2. The van der Waals surface area contributed by atoms with Crippen LogP contribution in [0, 0.1) is 11.8 Å². The molecule has 0 aliphatic carbocycles. The Balaban J connectivity index is 5.17. The van der Waals surface area contributed by atoms with Gasteiger partial charge in [0, 0.05) is 25.7 Å². The highest BCUT2D eigenvalue weighted by molar-refractivity contribution is 7.47. The average Bonchev–Trinajstić information content (AvgIpc) is 1.19. The molecule has 0 saturated heterocycles. The van der Waals surface area contributed by atoms with Crippen LogP contribution in [-0.2, 0) is 65.4 Å². The molecule has 576 valence electrons. The van der Waals surface area contributed by atoms with E-state index in [1.807, 2.05) is 0 Å². The van der Waals surface area contributed by atoms with E-state index in [0.29, 0.717) is 31.6 Å². The van der Waals surface area contributed by atoms with E-state index >= 15 is 0 Å². The van der Waals surface area contributed by atoms with Gasteiger partial charge in [0.2, 0.25) is 0 Å². The predicted octanol–water partition coefficient (Wildman–Crippen LogP) is 23.1. The Bertz CT molecular complexity index is 1870. The van der Waals surface area contributed by atoms with Crippen molar-refractivity contribution in [2.45, 2.75) is 426 Å². The van der Waals surface area contributed by atoms with Crippen molar-refractivity contribution in [2.75, 3.05) is 39.6 Å². The number of ether oxygens (including phenoxy) is 4. The highest BCUT2D eigenvalue weighted by atomic mass is 31.2. The van der Waals surface area contributed by atoms with Crippen molar-refractivity contribution in [2.24, 2.45) is 11.8 Å². The van der Waals surface area contributed by atoms with Crippen molar-refractivity contribution < 1.29 is 80.2 Å². The summed E-state index contributed by atoms with van der Waals surface area (Å²) >= 11 is 0. The molecule has 0 amide bonds. The number of phosphoric acid groups is 2. The van der Waals surface area contributed by atoms with Crippen LogP contribution >= 0.6 is 15.6 Å². The van der Waals surface area contributed by atoms with Crippen molar-refractivity contribution >= 4 is 39.5 Å². The molecule has 0 saturated carbocycles. The van der Waals surface area contributed by atoms with Crippen LogP contribution in [0.1, 0.15) is 408 Å². The van der Waals surface area contributed by atoms with E-state index in [1.165, 1.54) is 225 Å². The Morgan fingerprint density at radius 3 is 0.701 bits per heavy atom. The van der Waals surface area contributed by atoms with E-state index in [4.69, 9.17) is 37.0 Å². The maximum atomic E-state index is 13.1. The SMILES string of the molecule is CCCCCCCCCCCCCCCCCCCCC(=O)OC[C@H](COP(=O)(O)OC[C@@H](O)COP(=O)(O)OC[C@@H](COC(=O)CCCCCCCCCCC)OC(=O)CCCCCCCCC(C)C)OC(=O)CCCCCCCCCCCCCCCCCCCCC(C)C. The van der Waals surface area contributed by atoms with E-state index in [2.05, 4.69) is 41.5 Å². The lowest BCUT2D eigenvalue weighted by Gasteiger charge is -2.21. The van der Waals surface area contributed by atoms with Crippen LogP contribution in [0.25, 0.3) is 0 Å². The van der Waals surface area contributed by atoms with Gasteiger partial charge in [-0.15, -0.1) is 0 Å². The minimum atomic E-state index is -4.96. The number of phosphoric ester groups is 2. The number of esters is 4. The number of carbonyl (C=O) groups is 4. The fraction of sp³-hybridized carbons (Fsp3) is 0.949. The second kappa shape index (κ2) is 69.8. The van der Waals surface area contributed by atoms with Gasteiger partial charge in [-0.25, -0.2) is 9.13 Å². The molecule has 0 heterocycles. The van der Waals surface area contributed by atoms with Crippen molar-refractivity contribution in [1.29, 1.82) is 0 Å². The lowest BCUT2D eigenvalue weighted by atomic mass is 10.0. The molecule has 0 aliphatic heterocycles. The first-order valence-electron chi connectivity index (χ1n) is 40.5. The molecular formula is C78H152O17P2. The molecule has 0 aliphatic rings. The molecule has 5 atom stereocenters. The number of aliphatic hydroxyl groups is 1. The highest BCUT2D eigenvalue weighted by Gasteiger charge is 2.30. The lowest BCUT2D eigenvalue weighted by molar-refractivity contribution is -0.161. The van der Waals surface area contributed by atoms with Gasteiger partial charge in [-0.1, -0.05) is 356 Å². The molecule has 0 aromatic heterocycles. The van der Waals surface area contributed by atoms with E-state index in [-0.39, 0.29) is 25.7 Å². The monoisotopic (exact) mass is 1420 g/mol. The zero-order chi connectivity index (χ0) is 71.4. The molecule has 2 unspecified atom stereocenters. The zero-order valence-corrected chi connectivity index (χ0v) is 65.2. The Labute approximate surface area is 594 Å². The third-order valence-electron chi connectivity index (χ3n) is 18.2. The number of unbranched alkanes of at least 4 members (excludes halogenated alkanes) is 47. The summed E-state index contributed by atoms with van der Waals surface area (Å²) < 4.78 is 68.5. The Kier molecular flexibility index (Phi) is 68.4. The predicted molar refractivity (Wildman–Crippen MR) is 395 cm³/mol. The first-order chi connectivity index (χ1) is 46.9. The minimum Gasteiger partial charge on any atom is -0.462 e. The molecule has 17 nitrogen and oxygen atoms in total. The van der Waals surface area contributed by atoms with Crippen LogP contribution in [0.3, 0.4) is 0 Å². The fourth-order valence-corrected chi connectivity index (χ4v) is 13.6. The Morgan fingerprint density at radius 2 is 0.474 bits per heavy atom. The Morgan fingerprint density at radius 1 is 0.278 bits per heavy atom. The summed E-state index contributed by atoms with van der Waals surface area (Å²) in [6.07, 6.45) is 58.7. The van der Waals surface area contributed by atoms with Crippen LogP contribution in [0.15, 0.2) is 0 Å². The van der Waals surface area contributed by atoms with Gasteiger partial charge in [-0.2, -0.15) is 0 Å². The second-order valence-electron chi connectivity index (χ2n) is 29.1. The number of hydrogen-bond acceptors (Lipinski definition) is 15. The summed E-state index contributed by atoms with van der Waals surface area (Å²) in [5.74, 6) is -0.630. The molecule has 0 radical (unpaired) electrons. The molecule has 0 fully saturated rings. The maximum absolute atomic E-state index is 13.1. The van der Waals surface area contributed by atoms with Crippen molar-refractivity contribution in [1.82, 2.24) is 0 Å². The molecule has 0 aromatic carbocycles. The van der Waals surface area contributed by atoms with Crippen molar-refractivity contribution in [3.8, 4) is 0 Å². The summed E-state index contributed by atoms with van der Waals surface area (Å²) in [4.78, 5) is 72.7. The minimum absolute atomic E-state index is 0.102. The smallest absolute Gasteiger partial charge is 0.462 e. The Hall–Kier alpha value is -1.94. The van der Waals surface area contributed by atoms with Gasteiger partial charge in [0.1, 0.15) is 19.3 Å². The zero-order valence-electron chi connectivity index (χ0n) is 63.4. The molecule has 97 heavy (non-hydrogen) atoms. The average molecular weight is 1420 g/mol. The van der Waals surface area contributed by atoms with E-state index in [1.54, 1.807) is 0 Å². The summed E-state index contributed by atoms with van der Waals surface area (Å²) in [7, 11) is -9.91. The molecule has 0 rings (SSSR count). The van der Waals surface area contributed by atoms with Crippen LogP contribution in [0.2, 0.25) is 0 Å². The standard InChI is InChI=1S/C78H152O17P2/c1-7-9-11-13-15-17-18-19-20-21-25-28-31-34-38-42-49-55-61-76(81)89-66-73(94-77(82)62-56-50-43-39-35-32-29-26-23-22-24-27-30-33-37-40-46-52-58-70(3)4)68-92-96(84,85)90-64-72(79)65-91-97(86,87)93-69-74(95-78(83)63-57-51-45-44-47-53-59-71(5)6)67-88-75(80)60-54-48-41-36-16-14-12-10-8-2/h70-74,79H,7-69H2,1-6H3,(H,84,85)(H,86,87)/t72-,73-,74-/m1/s1. The highest BCUT2D eigenvalue weighted by Crippen LogP contribution is 2.45. The quantitative estimate of drug-likeness (QED) is 0.0222. The summed E-state index contributed by atoms with van der Waals surface area (Å²) in [5, 5.41) is 10.6. The van der Waals surface area contributed by atoms with E-state index in [0.717, 1.165) is 95.8 Å². The van der Waals surface area contributed by atoms with E-state index < -0.39 is 97.5 Å².